The van der Waals surface area contributed by atoms with Crippen LogP contribution in [0.1, 0.15) is 20.8 Å². The van der Waals surface area contributed by atoms with Crippen molar-refractivity contribution in [1.82, 2.24) is 5.06 Å². The van der Waals surface area contributed by atoms with Crippen molar-refractivity contribution in [3.63, 3.8) is 0 Å². The van der Waals surface area contributed by atoms with Gasteiger partial charge in [0.25, 0.3) is 11.5 Å². The van der Waals surface area contributed by atoms with Gasteiger partial charge >= 0.3 is 17.9 Å². The van der Waals surface area contributed by atoms with Crippen LogP contribution in [0.15, 0.2) is 0 Å². The summed E-state index contributed by atoms with van der Waals surface area (Å²) in [6.45, 7) is 2.63. The fraction of sp³-hybridized carbons (Fsp3) is 0.727. The van der Waals surface area contributed by atoms with Gasteiger partial charge in [0.15, 0.2) is 6.10 Å². The lowest BCUT2D eigenvalue weighted by atomic mass is 10.1. The minimum absolute atomic E-state index is 0.0576. The second kappa shape index (κ2) is 8.37. The van der Waals surface area contributed by atoms with Gasteiger partial charge in [-0.1, -0.05) is 5.06 Å². The fourth-order valence-corrected chi connectivity index (χ4v) is 1.84. The lowest BCUT2D eigenvalue weighted by Gasteiger charge is -2.42. The summed E-state index contributed by atoms with van der Waals surface area (Å²) in [6.07, 6.45) is -6.44. The van der Waals surface area contributed by atoms with Gasteiger partial charge in [0.2, 0.25) is 6.23 Å². The van der Waals surface area contributed by atoms with Crippen LogP contribution < -0.4 is 0 Å². The Morgan fingerprint density at radius 1 is 1.17 bits per heavy atom. The predicted octanol–water partition coefficient (Wildman–Crippen LogP) is -1.05. The van der Waals surface area contributed by atoms with Gasteiger partial charge in [-0.15, -0.1) is 10.1 Å². The molecule has 24 heavy (non-hydrogen) atoms. The molecular weight excluding hydrogens is 336 g/mol. The Labute approximate surface area is 135 Å². The molecule has 1 rings (SSSR count). The summed E-state index contributed by atoms with van der Waals surface area (Å²) in [5.41, 5.74) is 0. The lowest BCUT2D eigenvalue weighted by Crippen LogP contribution is -2.63. The predicted molar refractivity (Wildman–Crippen MR) is 68.1 cm³/mol. The van der Waals surface area contributed by atoms with Crippen molar-refractivity contribution in [1.29, 1.82) is 0 Å². The first-order valence-corrected chi connectivity index (χ1v) is 6.53. The van der Waals surface area contributed by atoms with Gasteiger partial charge in [-0.3, -0.25) is 19.2 Å². The van der Waals surface area contributed by atoms with Crippen molar-refractivity contribution in [3.05, 3.63) is 10.1 Å². The molecular formula is C11H16N2O11. The average molecular weight is 352 g/mol. The van der Waals surface area contributed by atoms with Crippen molar-refractivity contribution in [3.8, 4) is 0 Å². The highest BCUT2D eigenvalue weighted by atomic mass is 17.0. The SMILES string of the molecule is CC(=O)OC[C@H]1OC(O[N+](=O)[O-])N(O)[C@H](OC(C)=O)[C@H]1OC(C)=O. The van der Waals surface area contributed by atoms with Crippen LogP contribution in [0.3, 0.4) is 0 Å². The third-order valence-corrected chi connectivity index (χ3v) is 2.63. The highest BCUT2D eigenvalue weighted by Gasteiger charge is 2.50. The van der Waals surface area contributed by atoms with Crippen LogP contribution in [0, 0.1) is 10.1 Å². The molecule has 1 N–H and O–H groups in total. The summed E-state index contributed by atoms with van der Waals surface area (Å²) in [5, 5.41) is 19.2. The highest BCUT2D eigenvalue weighted by Crippen LogP contribution is 2.26. The Bertz CT molecular complexity index is 494. The third-order valence-electron chi connectivity index (χ3n) is 2.63. The smallest absolute Gasteiger partial charge is 0.304 e. The van der Waals surface area contributed by atoms with E-state index in [1.54, 1.807) is 0 Å². The summed E-state index contributed by atoms with van der Waals surface area (Å²) in [5.74, 6) is -2.41. The molecule has 1 fully saturated rings. The molecule has 4 atom stereocenters. The van der Waals surface area contributed by atoms with Gasteiger partial charge in [0.1, 0.15) is 12.7 Å². The maximum Gasteiger partial charge on any atom is 0.304 e. The largest absolute Gasteiger partial charge is 0.463 e. The number of hydroxylamine groups is 2. The van der Waals surface area contributed by atoms with E-state index in [4.69, 9.17) is 18.9 Å². The molecule has 0 aliphatic carbocycles. The molecule has 0 amide bonds. The second-order valence-corrected chi connectivity index (χ2v) is 4.57. The molecule has 1 aliphatic rings. The van der Waals surface area contributed by atoms with E-state index < -0.39 is 54.5 Å². The summed E-state index contributed by atoms with van der Waals surface area (Å²) in [6, 6.07) is 0. The monoisotopic (exact) mass is 352 g/mol. The minimum atomic E-state index is -2.00. The van der Waals surface area contributed by atoms with E-state index in [-0.39, 0.29) is 5.06 Å². The van der Waals surface area contributed by atoms with E-state index in [0.717, 1.165) is 20.8 Å². The number of carbonyl (C=O) groups excluding carboxylic acids is 3. The Balaban J connectivity index is 3.08. The maximum absolute atomic E-state index is 11.2. The number of ether oxygens (including phenoxy) is 4. The lowest BCUT2D eigenvalue weighted by molar-refractivity contribution is -0.797. The number of hydrogen-bond donors (Lipinski definition) is 1. The van der Waals surface area contributed by atoms with Crippen LogP contribution in [0.4, 0.5) is 0 Å². The summed E-state index contributed by atoms with van der Waals surface area (Å²) in [7, 11) is 0. The normalized spacial score (nSPS) is 27.0. The van der Waals surface area contributed by atoms with Crippen molar-refractivity contribution >= 4 is 17.9 Å². The van der Waals surface area contributed by atoms with Gasteiger partial charge in [0.05, 0.1) is 0 Å². The molecule has 0 saturated carbocycles. The Morgan fingerprint density at radius 2 is 1.75 bits per heavy atom. The van der Waals surface area contributed by atoms with Crippen LogP contribution in [0.2, 0.25) is 0 Å². The second-order valence-electron chi connectivity index (χ2n) is 4.57. The van der Waals surface area contributed by atoms with Crippen LogP contribution in [-0.4, -0.2) is 64.7 Å². The Kier molecular flexibility index (Phi) is 6.82. The van der Waals surface area contributed by atoms with Crippen LogP contribution in [-0.2, 0) is 38.2 Å². The highest BCUT2D eigenvalue weighted by molar-refractivity contribution is 5.67. The maximum atomic E-state index is 11.2. The number of esters is 3. The van der Waals surface area contributed by atoms with Gasteiger partial charge < -0.3 is 24.2 Å². The molecule has 1 aliphatic heterocycles. The van der Waals surface area contributed by atoms with Gasteiger partial charge in [-0.25, -0.2) is 0 Å². The first-order chi connectivity index (χ1) is 11.1. The molecule has 0 aromatic carbocycles. The van der Waals surface area contributed by atoms with Gasteiger partial charge in [-0.2, -0.15) is 0 Å². The summed E-state index contributed by atoms with van der Waals surface area (Å²) in [4.78, 5) is 47.9. The van der Waals surface area contributed by atoms with Crippen molar-refractivity contribution in [2.75, 3.05) is 6.61 Å². The van der Waals surface area contributed by atoms with Crippen molar-refractivity contribution in [2.24, 2.45) is 0 Å². The molecule has 0 spiro atoms. The average Bonchev–Trinajstić information content (AvgIpc) is 2.42. The van der Waals surface area contributed by atoms with E-state index in [1.165, 1.54) is 0 Å². The molecule has 0 aromatic heterocycles. The Morgan fingerprint density at radius 3 is 2.21 bits per heavy atom. The summed E-state index contributed by atoms with van der Waals surface area (Å²) < 4.78 is 19.5. The Hall–Kier alpha value is -2.51. The third kappa shape index (κ3) is 5.60. The first kappa shape index (κ1) is 19.5. The zero-order valence-electron chi connectivity index (χ0n) is 12.9. The standard InChI is InChI=1S/C11H16N2O11/c1-5(14)20-4-8-9(21-6(2)15)10(22-7(3)16)12(17)11(23-8)24-13(18)19/h8-11,17H,4H2,1-3H3/t8-,9+,10-,11?/m1/s1. The zero-order valence-corrected chi connectivity index (χ0v) is 12.9. The number of nitrogens with zero attached hydrogens (tertiary/aromatic N) is 2. The van der Waals surface area contributed by atoms with E-state index >= 15 is 0 Å². The molecule has 136 valence electrons. The molecule has 1 heterocycles. The van der Waals surface area contributed by atoms with E-state index in [2.05, 4.69) is 4.84 Å². The number of carbonyl (C=O) groups is 3. The van der Waals surface area contributed by atoms with E-state index in [0.29, 0.717) is 0 Å². The molecule has 0 aromatic rings. The molecule has 13 heteroatoms. The fourth-order valence-electron chi connectivity index (χ4n) is 1.84. The molecule has 1 saturated heterocycles. The van der Waals surface area contributed by atoms with Crippen LogP contribution in [0.5, 0.6) is 0 Å². The topological polar surface area (TPSA) is 164 Å². The van der Waals surface area contributed by atoms with E-state index in [1.807, 2.05) is 0 Å². The molecule has 1 unspecified atom stereocenters. The molecule has 0 radical (unpaired) electrons. The minimum Gasteiger partial charge on any atom is -0.463 e. The first-order valence-electron chi connectivity index (χ1n) is 6.53. The number of rotatable bonds is 6. The number of hydrogen-bond acceptors (Lipinski definition) is 12. The van der Waals surface area contributed by atoms with Crippen molar-refractivity contribution in [2.45, 2.75) is 45.6 Å². The quantitative estimate of drug-likeness (QED) is 0.267. The van der Waals surface area contributed by atoms with Crippen LogP contribution in [0.25, 0.3) is 0 Å². The summed E-state index contributed by atoms with van der Waals surface area (Å²) >= 11 is 0. The van der Waals surface area contributed by atoms with Crippen molar-refractivity contribution < 1.29 is 48.5 Å². The van der Waals surface area contributed by atoms with Gasteiger partial charge in [-0.05, 0) is 0 Å². The zero-order chi connectivity index (χ0) is 18.4. The molecule has 13 nitrogen and oxygen atoms in total. The molecule has 0 bridgehead atoms. The van der Waals surface area contributed by atoms with Gasteiger partial charge in [0, 0.05) is 20.8 Å². The van der Waals surface area contributed by atoms with E-state index in [9.17, 15) is 29.7 Å². The van der Waals surface area contributed by atoms with Crippen LogP contribution >= 0.6 is 0 Å².